The van der Waals surface area contributed by atoms with E-state index in [4.69, 9.17) is 0 Å². The maximum absolute atomic E-state index is 3.58. The predicted molar refractivity (Wildman–Crippen MR) is 76.5 cm³/mol. The fraction of sp³-hybridized carbons (Fsp3) is 1.00. The number of piperidine rings is 1. The van der Waals surface area contributed by atoms with Gasteiger partial charge in [0.1, 0.15) is 0 Å². The standard InChI is InChI=1S/C15H32N2/c1-4-11-16-14(3)9-8-13-17-12-7-6-10-15(17)5-2/h14-16H,4-13H2,1-3H3. The SMILES string of the molecule is CCCNC(C)CCCN1CCCCC1CC. The van der Waals surface area contributed by atoms with Crippen LogP contribution in [0.5, 0.6) is 0 Å². The summed E-state index contributed by atoms with van der Waals surface area (Å²) in [5.74, 6) is 0. The largest absolute Gasteiger partial charge is 0.314 e. The summed E-state index contributed by atoms with van der Waals surface area (Å²) in [6.45, 7) is 10.7. The summed E-state index contributed by atoms with van der Waals surface area (Å²) in [4.78, 5) is 2.73. The van der Waals surface area contributed by atoms with Gasteiger partial charge in [0.25, 0.3) is 0 Å². The Morgan fingerprint density at radius 1 is 1.29 bits per heavy atom. The maximum Gasteiger partial charge on any atom is 0.00926 e. The molecule has 1 aliphatic heterocycles. The van der Waals surface area contributed by atoms with Gasteiger partial charge in [0.05, 0.1) is 0 Å². The Kier molecular flexibility index (Phi) is 7.87. The number of hydrogen-bond acceptors (Lipinski definition) is 2. The van der Waals surface area contributed by atoms with Gasteiger partial charge in [0.2, 0.25) is 0 Å². The molecular weight excluding hydrogens is 208 g/mol. The van der Waals surface area contributed by atoms with E-state index in [0.29, 0.717) is 6.04 Å². The van der Waals surface area contributed by atoms with Crippen LogP contribution in [0.2, 0.25) is 0 Å². The summed E-state index contributed by atoms with van der Waals surface area (Å²) in [7, 11) is 0. The van der Waals surface area contributed by atoms with Crippen molar-refractivity contribution in [3.05, 3.63) is 0 Å². The molecule has 2 unspecified atom stereocenters. The number of rotatable bonds is 8. The Hall–Kier alpha value is -0.0800. The van der Waals surface area contributed by atoms with Crippen LogP contribution in [0.25, 0.3) is 0 Å². The van der Waals surface area contributed by atoms with Crippen LogP contribution in [0.4, 0.5) is 0 Å². The van der Waals surface area contributed by atoms with Crippen LogP contribution in [0, 0.1) is 0 Å². The zero-order valence-corrected chi connectivity index (χ0v) is 12.2. The highest BCUT2D eigenvalue weighted by Crippen LogP contribution is 2.19. The van der Waals surface area contributed by atoms with Crippen LogP contribution in [-0.2, 0) is 0 Å². The molecule has 0 radical (unpaired) electrons. The van der Waals surface area contributed by atoms with E-state index >= 15 is 0 Å². The second-order valence-corrected chi connectivity index (χ2v) is 5.59. The van der Waals surface area contributed by atoms with Gasteiger partial charge < -0.3 is 10.2 Å². The van der Waals surface area contributed by atoms with Crippen molar-refractivity contribution < 1.29 is 0 Å². The van der Waals surface area contributed by atoms with Crippen LogP contribution < -0.4 is 5.32 Å². The van der Waals surface area contributed by atoms with E-state index in [0.717, 1.165) is 6.04 Å². The molecule has 0 aliphatic carbocycles. The Morgan fingerprint density at radius 2 is 2.12 bits per heavy atom. The van der Waals surface area contributed by atoms with Gasteiger partial charge in [-0.25, -0.2) is 0 Å². The van der Waals surface area contributed by atoms with Gasteiger partial charge in [0, 0.05) is 12.1 Å². The first-order chi connectivity index (χ1) is 8.27. The van der Waals surface area contributed by atoms with E-state index in [-0.39, 0.29) is 0 Å². The minimum atomic E-state index is 0.694. The van der Waals surface area contributed by atoms with E-state index in [9.17, 15) is 0 Å². The first-order valence-corrected chi connectivity index (χ1v) is 7.75. The summed E-state index contributed by atoms with van der Waals surface area (Å²) >= 11 is 0. The van der Waals surface area contributed by atoms with Crippen LogP contribution in [0.1, 0.15) is 65.7 Å². The fourth-order valence-electron chi connectivity index (χ4n) is 2.91. The van der Waals surface area contributed by atoms with Gasteiger partial charge >= 0.3 is 0 Å². The zero-order valence-electron chi connectivity index (χ0n) is 12.2. The second kappa shape index (κ2) is 8.93. The third kappa shape index (κ3) is 5.87. The van der Waals surface area contributed by atoms with Gasteiger partial charge in [-0.2, -0.15) is 0 Å². The van der Waals surface area contributed by atoms with E-state index in [1.54, 1.807) is 0 Å². The number of hydrogen-bond donors (Lipinski definition) is 1. The molecule has 0 aromatic rings. The lowest BCUT2D eigenvalue weighted by molar-refractivity contribution is 0.140. The van der Waals surface area contributed by atoms with Crippen molar-refractivity contribution >= 4 is 0 Å². The number of nitrogens with zero attached hydrogens (tertiary/aromatic N) is 1. The van der Waals surface area contributed by atoms with Crippen molar-refractivity contribution in [3.8, 4) is 0 Å². The third-order valence-corrected chi connectivity index (χ3v) is 4.05. The molecule has 1 rings (SSSR count). The van der Waals surface area contributed by atoms with Gasteiger partial charge in [-0.05, 0) is 65.1 Å². The molecule has 0 spiro atoms. The average molecular weight is 240 g/mol. The molecule has 2 nitrogen and oxygen atoms in total. The third-order valence-electron chi connectivity index (χ3n) is 4.05. The van der Waals surface area contributed by atoms with Crippen LogP contribution in [-0.4, -0.2) is 36.6 Å². The average Bonchev–Trinajstić information content (AvgIpc) is 2.37. The molecule has 1 N–H and O–H groups in total. The quantitative estimate of drug-likeness (QED) is 0.699. The number of nitrogens with one attached hydrogen (secondary N) is 1. The van der Waals surface area contributed by atoms with Crippen LogP contribution in [0.3, 0.4) is 0 Å². The van der Waals surface area contributed by atoms with Gasteiger partial charge in [-0.1, -0.05) is 20.3 Å². The lowest BCUT2D eigenvalue weighted by atomic mass is 9.99. The van der Waals surface area contributed by atoms with E-state index in [2.05, 4.69) is 31.0 Å². The zero-order chi connectivity index (χ0) is 12.5. The highest BCUT2D eigenvalue weighted by molar-refractivity contribution is 4.76. The predicted octanol–water partition coefficient (Wildman–Crippen LogP) is 3.42. The highest BCUT2D eigenvalue weighted by atomic mass is 15.2. The smallest absolute Gasteiger partial charge is 0.00926 e. The first kappa shape index (κ1) is 15.0. The van der Waals surface area contributed by atoms with E-state index < -0.39 is 0 Å². The summed E-state index contributed by atoms with van der Waals surface area (Å²) in [5.41, 5.74) is 0. The molecule has 102 valence electrons. The molecule has 17 heavy (non-hydrogen) atoms. The number of likely N-dealkylation sites (tertiary alicyclic amines) is 1. The fourth-order valence-corrected chi connectivity index (χ4v) is 2.91. The Balaban J connectivity index is 2.11. The summed E-state index contributed by atoms with van der Waals surface area (Å²) in [6.07, 6.45) is 9.56. The molecule has 0 saturated carbocycles. The topological polar surface area (TPSA) is 15.3 Å². The Labute approximate surface area is 108 Å². The molecule has 0 amide bonds. The normalized spacial score (nSPS) is 23.8. The summed E-state index contributed by atoms with van der Waals surface area (Å²) < 4.78 is 0. The molecule has 1 saturated heterocycles. The van der Waals surface area contributed by atoms with Crippen LogP contribution >= 0.6 is 0 Å². The van der Waals surface area contributed by atoms with Crippen molar-refractivity contribution in [1.29, 1.82) is 0 Å². The molecule has 1 fully saturated rings. The maximum atomic E-state index is 3.58. The molecule has 0 aromatic carbocycles. The van der Waals surface area contributed by atoms with Crippen molar-refractivity contribution in [1.82, 2.24) is 10.2 Å². The Morgan fingerprint density at radius 3 is 2.82 bits per heavy atom. The van der Waals surface area contributed by atoms with Crippen LogP contribution in [0.15, 0.2) is 0 Å². The lowest BCUT2D eigenvalue weighted by Gasteiger charge is -2.35. The van der Waals surface area contributed by atoms with Gasteiger partial charge in [-0.15, -0.1) is 0 Å². The summed E-state index contributed by atoms with van der Waals surface area (Å²) in [6, 6.07) is 1.57. The molecular formula is C15H32N2. The molecule has 1 aliphatic rings. The van der Waals surface area contributed by atoms with Gasteiger partial charge in [0.15, 0.2) is 0 Å². The minimum Gasteiger partial charge on any atom is -0.314 e. The second-order valence-electron chi connectivity index (χ2n) is 5.59. The molecule has 2 atom stereocenters. The molecule has 0 aromatic heterocycles. The van der Waals surface area contributed by atoms with Crippen molar-refractivity contribution in [2.75, 3.05) is 19.6 Å². The van der Waals surface area contributed by atoms with E-state index in [1.165, 1.54) is 64.6 Å². The van der Waals surface area contributed by atoms with Crippen molar-refractivity contribution in [2.24, 2.45) is 0 Å². The molecule has 0 bridgehead atoms. The van der Waals surface area contributed by atoms with Crippen molar-refractivity contribution in [3.63, 3.8) is 0 Å². The van der Waals surface area contributed by atoms with Gasteiger partial charge in [-0.3, -0.25) is 0 Å². The highest BCUT2D eigenvalue weighted by Gasteiger charge is 2.19. The molecule has 2 heteroatoms. The lowest BCUT2D eigenvalue weighted by Crippen LogP contribution is -2.40. The first-order valence-electron chi connectivity index (χ1n) is 7.75. The molecule has 1 heterocycles. The monoisotopic (exact) mass is 240 g/mol. The summed E-state index contributed by atoms with van der Waals surface area (Å²) in [5, 5.41) is 3.58. The minimum absolute atomic E-state index is 0.694. The van der Waals surface area contributed by atoms with Crippen molar-refractivity contribution in [2.45, 2.75) is 77.8 Å². The van der Waals surface area contributed by atoms with E-state index in [1.807, 2.05) is 0 Å². The Bertz CT molecular complexity index is 182.